The van der Waals surface area contributed by atoms with Crippen molar-refractivity contribution in [2.24, 2.45) is 11.8 Å². The standard InChI is InChI=1S/C43H45N3O/c1-25(2)40(26(3)4)36-24-46-29(7)23-35-31-12-8-9-13-32(31)37-14-10-11-21-45(37)38(35)20-17-30-16-19-33-34-18-15-28(6)44-43(34)47-42(33)41(30)39(46)22-27(36)5/h8-16,18-19,21-22,24-26,35,38,40H,7,17,20,23H2,1-6H3/q+2. The Balaban J connectivity index is 1.41. The summed E-state index contributed by atoms with van der Waals surface area (Å²) < 4.78 is 11.7. The van der Waals surface area contributed by atoms with Crippen LogP contribution < -0.4 is 9.13 Å². The van der Waals surface area contributed by atoms with Crippen molar-refractivity contribution < 1.29 is 13.6 Å². The number of fused-ring (bicyclic) bond motifs is 13. The van der Waals surface area contributed by atoms with Crippen molar-refractivity contribution >= 4 is 27.8 Å². The van der Waals surface area contributed by atoms with E-state index >= 15 is 0 Å². The van der Waals surface area contributed by atoms with Gasteiger partial charge in [0.15, 0.2) is 29.7 Å². The second-order valence-corrected chi connectivity index (χ2v) is 14.6. The van der Waals surface area contributed by atoms with Crippen molar-refractivity contribution in [2.45, 2.75) is 78.7 Å². The molecule has 0 aliphatic carbocycles. The molecule has 47 heavy (non-hydrogen) atoms. The molecule has 2 aromatic carbocycles. The Morgan fingerprint density at radius 3 is 2.45 bits per heavy atom. The van der Waals surface area contributed by atoms with Gasteiger partial charge in [-0.05, 0) is 85.6 Å². The monoisotopic (exact) mass is 619 g/mol. The third kappa shape index (κ3) is 4.75. The number of hydrogen-bond acceptors (Lipinski definition) is 2. The van der Waals surface area contributed by atoms with E-state index in [1.54, 1.807) is 0 Å². The van der Waals surface area contributed by atoms with Crippen LogP contribution in [0.15, 0.2) is 96.2 Å². The molecule has 6 aromatic rings. The predicted octanol–water partition coefficient (Wildman–Crippen LogP) is 10.0. The van der Waals surface area contributed by atoms with Crippen molar-refractivity contribution in [3.63, 3.8) is 0 Å². The molecule has 2 unspecified atom stereocenters. The molecule has 2 aliphatic heterocycles. The largest absolute Gasteiger partial charge is 0.437 e. The highest BCUT2D eigenvalue weighted by Gasteiger charge is 2.42. The lowest BCUT2D eigenvalue weighted by Gasteiger charge is -2.31. The molecule has 4 heteroatoms. The Bertz CT molecular complexity index is 2200. The zero-order chi connectivity index (χ0) is 32.6. The molecule has 4 nitrogen and oxygen atoms in total. The number of nitrogens with zero attached hydrogens (tertiary/aromatic N) is 3. The van der Waals surface area contributed by atoms with Crippen molar-refractivity contribution in [3.05, 3.63) is 120 Å². The van der Waals surface area contributed by atoms with Crippen LogP contribution in [-0.2, 0) is 6.42 Å². The van der Waals surface area contributed by atoms with E-state index in [-0.39, 0.29) is 0 Å². The molecule has 0 bridgehead atoms. The summed E-state index contributed by atoms with van der Waals surface area (Å²) in [5, 5.41) is 2.19. The normalized spacial score (nSPS) is 17.5. The maximum absolute atomic E-state index is 6.74. The average Bonchev–Trinajstić information content (AvgIpc) is 3.42. The van der Waals surface area contributed by atoms with Crippen LogP contribution in [-0.4, -0.2) is 4.98 Å². The summed E-state index contributed by atoms with van der Waals surface area (Å²) in [5.74, 6) is 1.78. The van der Waals surface area contributed by atoms with Gasteiger partial charge in [-0.25, -0.2) is 4.98 Å². The smallest absolute Gasteiger partial charge is 0.227 e. The number of pyridine rings is 3. The van der Waals surface area contributed by atoms with Crippen molar-refractivity contribution in [1.82, 2.24) is 4.98 Å². The zero-order valence-corrected chi connectivity index (χ0v) is 28.5. The van der Waals surface area contributed by atoms with Crippen LogP contribution in [0, 0.1) is 25.7 Å². The summed E-state index contributed by atoms with van der Waals surface area (Å²) in [6, 6.07) is 27.2. The summed E-state index contributed by atoms with van der Waals surface area (Å²) in [6.45, 7) is 18.6. The van der Waals surface area contributed by atoms with E-state index in [0.29, 0.717) is 35.4 Å². The minimum Gasteiger partial charge on any atom is -0.437 e. The van der Waals surface area contributed by atoms with Gasteiger partial charge in [-0.3, -0.25) is 0 Å². The van der Waals surface area contributed by atoms with Crippen LogP contribution in [0.25, 0.3) is 50.3 Å². The molecular formula is C43H45N3O+2. The third-order valence-electron chi connectivity index (χ3n) is 11.0. The predicted molar refractivity (Wildman–Crippen MR) is 191 cm³/mol. The molecule has 0 saturated carbocycles. The zero-order valence-electron chi connectivity index (χ0n) is 28.5. The highest BCUT2D eigenvalue weighted by Crippen LogP contribution is 2.46. The second kappa shape index (κ2) is 11.3. The molecule has 0 spiro atoms. The van der Waals surface area contributed by atoms with Crippen LogP contribution in [0.1, 0.15) is 86.4 Å². The molecule has 2 atom stereocenters. The highest BCUT2D eigenvalue weighted by atomic mass is 16.3. The lowest BCUT2D eigenvalue weighted by molar-refractivity contribution is -0.719. The Hall–Kier alpha value is -4.57. The van der Waals surface area contributed by atoms with Gasteiger partial charge in [0.05, 0.1) is 11.5 Å². The van der Waals surface area contributed by atoms with E-state index in [4.69, 9.17) is 16.0 Å². The number of aryl methyl sites for hydroxylation is 3. The lowest BCUT2D eigenvalue weighted by atomic mass is 9.77. The molecule has 0 amide bonds. The first kappa shape index (κ1) is 29.8. The first-order valence-corrected chi connectivity index (χ1v) is 17.4. The quantitative estimate of drug-likeness (QED) is 0.185. The number of allylic oxidation sites excluding steroid dienone is 1. The maximum Gasteiger partial charge on any atom is 0.227 e. The van der Waals surface area contributed by atoms with Gasteiger partial charge in [-0.15, -0.1) is 0 Å². The van der Waals surface area contributed by atoms with Gasteiger partial charge in [-0.2, -0.15) is 9.13 Å². The van der Waals surface area contributed by atoms with Crippen LogP contribution in [0.5, 0.6) is 0 Å². The Morgan fingerprint density at radius 2 is 1.64 bits per heavy atom. The van der Waals surface area contributed by atoms with E-state index in [9.17, 15) is 0 Å². The topological polar surface area (TPSA) is 33.8 Å². The third-order valence-corrected chi connectivity index (χ3v) is 11.0. The summed E-state index contributed by atoms with van der Waals surface area (Å²) in [7, 11) is 0. The highest BCUT2D eigenvalue weighted by molar-refractivity contribution is 6.08. The minimum absolute atomic E-state index is 0.299. The van der Waals surface area contributed by atoms with Crippen molar-refractivity contribution in [2.75, 3.05) is 0 Å². The number of aromatic nitrogens is 3. The second-order valence-electron chi connectivity index (χ2n) is 14.6. The summed E-state index contributed by atoms with van der Waals surface area (Å²) in [4.78, 5) is 4.81. The van der Waals surface area contributed by atoms with E-state index < -0.39 is 0 Å². The van der Waals surface area contributed by atoms with Gasteiger partial charge in [0, 0.05) is 58.6 Å². The van der Waals surface area contributed by atoms with Crippen molar-refractivity contribution in [1.29, 1.82) is 0 Å². The molecule has 8 rings (SSSR count). The first-order valence-electron chi connectivity index (χ1n) is 17.4. The maximum atomic E-state index is 6.74. The van der Waals surface area contributed by atoms with Gasteiger partial charge in [-0.1, -0.05) is 58.0 Å². The molecule has 4 aromatic heterocycles. The van der Waals surface area contributed by atoms with E-state index in [0.717, 1.165) is 52.7 Å². The van der Waals surface area contributed by atoms with Gasteiger partial charge in [0.25, 0.3) is 0 Å². The van der Waals surface area contributed by atoms with Crippen LogP contribution in [0.3, 0.4) is 0 Å². The van der Waals surface area contributed by atoms with Crippen LogP contribution >= 0.6 is 0 Å². The molecule has 236 valence electrons. The van der Waals surface area contributed by atoms with Crippen LogP contribution in [0.2, 0.25) is 0 Å². The molecule has 0 N–H and O–H groups in total. The molecular weight excluding hydrogens is 574 g/mol. The van der Waals surface area contributed by atoms with Gasteiger partial charge >= 0.3 is 0 Å². The fraction of sp³-hybridized carbons (Fsp3) is 0.326. The van der Waals surface area contributed by atoms with E-state index in [1.165, 1.54) is 39.1 Å². The molecule has 2 aliphatic rings. The fourth-order valence-corrected chi connectivity index (χ4v) is 8.97. The number of benzene rings is 2. The Kier molecular flexibility index (Phi) is 7.16. The molecule has 0 saturated heterocycles. The number of rotatable bonds is 3. The minimum atomic E-state index is 0.299. The van der Waals surface area contributed by atoms with Crippen LogP contribution in [0.4, 0.5) is 0 Å². The van der Waals surface area contributed by atoms with Crippen molar-refractivity contribution in [3.8, 4) is 22.5 Å². The van der Waals surface area contributed by atoms with Gasteiger partial charge in [0.2, 0.25) is 17.1 Å². The van der Waals surface area contributed by atoms with E-state index in [2.05, 4.69) is 129 Å². The summed E-state index contributed by atoms with van der Waals surface area (Å²) >= 11 is 0. The molecule has 0 fully saturated rings. The first-order chi connectivity index (χ1) is 22.7. The molecule has 6 heterocycles. The summed E-state index contributed by atoms with van der Waals surface area (Å²) in [6.07, 6.45) is 7.53. The molecule has 0 radical (unpaired) electrons. The number of hydrogen-bond donors (Lipinski definition) is 0. The summed E-state index contributed by atoms with van der Waals surface area (Å²) in [5.41, 5.74) is 14.1. The average molecular weight is 620 g/mol. The van der Waals surface area contributed by atoms with E-state index in [1.807, 2.05) is 6.92 Å². The Labute approximate surface area is 278 Å². The van der Waals surface area contributed by atoms with Gasteiger partial charge in [0.1, 0.15) is 0 Å². The fourth-order valence-electron chi connectivity index (χ4n) is 8.97. The lowest BCUT2D eigenvalue weighted by Crippen LogP contribution is -2.48. The Morgan fingerprint density at radius 1 is 0.872 bits per heavy atom. The van der Waals surface area contributed by atoms with Gasteiger partial charge < -0.3 is 4.42 Å². The SMILES string of the molecule is C=C1CC2c3ccccc3-c3cccc[n+]3C2CCc2ccc3c(oc4nc(C)ccc43)c2-c2cc(C)c(C(C(C)C)C(C)C)c[n+]21. The number of furan rings is 1.